The summed E-state index contributed by atoms with van der Waals surface area (Å²) in [6, 6.07) is 8.07. The standard InChI is InChI=1S/C11H11Cl/c1-2-10-6-3-4-7-11(10)8-5-9-12/h2-8H,1,9H2. The summed E-state index contributed by atoms with van der Waals surface area (Å²) in [5.74, 6) is 0.547. The molecule has 0 aliphatic heterocycles. The quantitative estimate of drug-likeness (QED) is 0.621. The molecule has 1 rings (SSSR count). The van der Waals surface area contributed by atoms with Crippen molar-refractivity contribution in [3.8, 4) is 0 Å². The van der Waals surface area contributed by atoms with Gasteiger partial charge in [-0.2, -0.15) is 0 Å². The normalized spacial score (nSPS) is 10.4. The Morgan fingerprint density at radius 3 is 2.50 bits per heavy atom. The highest BCUT2D eigenvalue weighted by atomic mass is 35.5. The van der Waals surface area contributed by atoms with E-state index in [1.54, 1.807) is 0 Å². The summed E-state index contributed by atoms with van der Waals surface area (Å²) >= 11 is 5.53. The summed E-state index contributed by atoms with van der Waals surface area (Å²) < 4.78 is 0. The third kappa shape index (κ3) is 2.24. The van der Waals surface area contributed by atoms with Crippen molar-refractivity contribution in [2.24, 2.45) is 0 Å². The Balaban J connectivity index is 2.96. The fourth-order valence-electron chi connectivity index (χ4n) is 1.02. The molecule has 0 aromatic heterocycles. The number of hydrogen-bond acceptors (Lipinski definition) is 0. The molecule has 0 spiro atoms. The van der Waals surface area contributed by atoms with E-state index in [4.69, 9.17) is 11.6 Å². The van der Waals surface area contributed by atoms with Crippen LogP contribution in [0.4, 0.5) is 0 Å². The van der Waals surface area contributed by atoms with E-state index < -0.39 is 0 Å². The maximum atomic E-state index is 5.53. The molecule has 12 heavy (non-hydrogen) atoms. The van der Waals surface area contributed by atoms with Crippen LogP contribution in [-0.4, -0.2) is 5.88 Å². The minimum Gasteiger partial charge on any atom is -0.122 e. The molecule has 0 atom stereocenters. The maximum absolute atomic E-state index is 5.53. The van der Waals surface area contributed by atoms with Gasteiger partial charge in [-0.15, -0.1) is 11.6 Å². The number of alkyl halides is 1. The van der Waals surface area contributed by atoms with E-state index in [-0.39, 0.29) is 0 Å². The van der Waals surface area contributed by atoms with Crippen molar-refractivity contribution < 1.29 is 0 Å². The van der Waals surface area contributed by atoms with E-state index in [1.165, 1.54) is 0 Å². The molecule has 1 heteroatoms. The molecular formula is C11H11Cl. The van der Waals surface area contributed by atoms with Crippen LogP contribution >= 0.6 is 11.6 Å². The molecule has 0 aliphatic rings. The molecule has 0 unspecified atom stereocenters. The Morgan fingerprint density at radius 2 is 1.92 bits per heavy atom. The highest BCUT2D eigenvalue weighted by Gasteiger charge is 1.91. The Bertz CT molecular complexity index is 287. The largest absolute Gasteiger partial charge is 0.122 e. The molecule has 0 bridgehead atoms. The first-order valence-corrected chi connectivity index (χ1v) is 4.36. The van der Waals surface area contributed by atoms with Crippen molar-refractivity contribution >= 4 is 23.8 Å². The van der Waals surface area contributed by atoms with Gasteiger partial charge in [0.1, 0.15) is 0 Å². The van der Waals surface area contributed by atoms with Crippen LogP contribution in [0, 0.1) is 0 Å². The molecule has 62 valence electrons. The van der Waals surface area contributed by atoms with Gasteiger partial charge < -0.3 is 0 Å². The van der Waals surface area contributed by atoms with Gasteiger partial charge in [0.05, 0.1) is 0 Å². The average molecular weight is 179 g/mol. The second-order valence-electron chi connectivity index (χ2n) is 2.39. The van der Waals surface area contributed by atoms with E-state index in [9.17, 15) is 0 Å². The van der Waals surface area contributed by atoms with Crippen LogP contribution in [0.25, 0.3) is 12.2 Å². The third-order valence-corrected chi connectivity index (χ3v) is 1.78. The van der Waals surface area contributed by atoms with Gasteiger partial charge in [-0.3, -0.25) is 0 Å². The van der Waals surface area contributed by atoms with Gasteiger partial charge in [-0.1, -0.05) is 49.1 Å². The SMILES string of the molecule is C=Cc1ccccc1C=CCCl. The predicted octanol–water partition coefficient (Wildman–Crippen LogP) is 3.58. The Labute approximate surface area is 78.2 Å². The van der Waals surface area contributed by atoms with Crippen molar-refractivity contribution in [1.29, 1.82) is 0 Å². The van der Waals surface area contributed by atoms with E-state index >= 15 is 0 Å². The number of rotatable bonds is 3. The lowest BCUT2D eigenvalue weighted by molar-refractivity contribution is 1.60. The third-order valence-electron chi connectivity index (χ3n) is 1.60. The molecule has 0 nitrogen and oxygen atoms in total. The molecule has 0 saturated heterocycles. The van der Waals surface area contributed by atoms with Crippen molar-refractivity contribution in [3.63, 3.8) is 0 Å². The molecule has 0 fully saturated rings. The highest BCUT2D eigenvalue weighted by Crippen LogP contribution is 2.11. The molecular weight excluding hydrogens is 168 g/mol. The van der Waals surface area contributed by atoms with Crippen LogP contribution in [0.5, 0.6) is 0 Å². The van der Waals surface area contributed by atoms with Crippen molar-refractivity contribution in [3.05, 3.63) is 48.0 Å². The zero-order chi connectivity index (χ0) is 8.81. The Kier molecular flexibility index (Phi) is 3.62. The topological polar surface area (TPSA) is 0 Å². The molecule has 0 saturated carbocycles. The van der Waals surface area contributed by atoms with Gasteiger partial charge >= 0.3 is 0 Å². The van der Waals surface area contributed by atoms with Crippen molar-refractivity contribution in [2.75, 3.05) is 5.88 Å². The smallest absolute Gasteiger partial charge is 0.0407 e. The number of benzene rings is 1. The second kappa shape index (κ2) is 4.78. The first-order chi connectivity index (χ1) is 5.88. The number of halogens is 1. The lowest BCUT2D eigenvalue weighted by atomic mass is 10.1. The highest BCUT2D eigenvalue weighted by molar-refractivity contribution is 6.19. The number of allylic oxidation sites excluding steroid dienone is 1. The summed E-state index contributed by atoms with van der Waals surface area (Å²) in [7, 11) is 0. The lowest BCUT2D eigenvalue weighted by Gasteiger charge is -1.98. The van der Waals surface area contributed by atoms with Gasteiger partial charge in [0.25, 0.3) is 0 Å². The van der Waals surface area contributed by atoms with Crippen LogP contribution < -0.4 is 0 Å². The minimum atomic E-state index is 0.547. The van der Waals surface area contributed by atoms with E-state index in [2.05, 4.69) is 6.58 Å². The van der Waals surface area contributed by atoms with Gasteiger partial charge in [-0.05, 0) is 11.1 Å². The minimum absolute atomic E-state index is 0.547. The molecule has 0 aliphatic carbocycles. The van der Waals surface area contributed by atoms with E-state index in [1.807, 2.05) is 42.5 Å². The van der Waals surface area contributed by atoms with Crippen molar-refractivity contribution in [1.82, 2.24) is 0 Å². The van der Waals surface area contributed by atoms with Crippen LogP contribution in [-0.2, 0) is 0 Å². The maximum Gasteiger partial charge on any atom is 0.0407 e. The van der Waals surface area contributed by atoms with Crippen LogP contribution in [0.15, 0.2) is 36.9 Å². The van der Waals surface area contributed by atoms with Gasteiger partial charge in [0.2, 0.25) is 0 Å². The average Bonchev–Trinajstić information content (AvgIpc) is 2.15. The van der Waals surface area contributed by atoms with Crippen molar-refractivity contribution in [2.45, 2.75) is 0 Å². The molecule has 0 N–H and O–H groups in total. The van der Waals surface area contributed by atoms with Gasteiger partial charge in [0, 0.05) is 5.88 Å². The van der Waals surface area contributed by atoms with E-state index in [0.717, 1.165) is 11.1 Å². The second-order valence-corrected chi connectivity index (χ2v) is 2.70. The van der Waals surface area contributed by atoms with Crippen LogP contribution in [0.3, 0.4) is 0 Å². The summed E-state index contributed by atoms with van der Waals surface area (Å²) in [4.78, 5) is 0. The Hall–Kier alpha value is -1.01. The fourth-order valence-corrected chi connectivity index (χ4v) is 1.11. The first kappa shape index (κ1) is 9.08. The fraction of sp³-hybridized carbons (Fsp3) is 0.0909. The monoisotopic (exact) mass is 178 g/mol. The van der Waals surface area contributed by atoms with Crippen LogP contribution in [0.2, 0.25) is 0 Å². The summed E-state index contributed by atoms with van der Waals surface area (Å²) in [5.41, 5.74) is 2.30. The molecule has 1 aromatic rings. The molecule has 0 radical (unpaired) electrons. The molecule has 1 aromatic carbocycles. The zero-order valence-electron chi connectivity index (χ0n) is 6.83. The van der Waals surface area contributed by atoms with Crippen LogP contribution in [0.1, 0.15) is 11.1 Å². The summed E-state index contributed by atoms with van der Waals surface area (Å²) in [6.07, 6.45) is 5.77. The van der Waals surface area contributed by atoms with Gasteiger partial charge in [0.15, 0.2) is 0 Å². The van der Waals surface area contributed by atoms with Gasteiger partial charge in [-0.25, -0.2) is 0 Å². The van der Waals surface area contributed by atoms with E-state index in [0.29, 0.717) is 5.88 Å². The summed E-state index contributed by atoms with van der Waals surface area (Å²) in [5, 5.41) is 0. The predicted molar refractivity (Wildman–Crippen MR) is 56.3 cm³/mol. The Morgan fingerprint density at radius 1 is 1.25 bits per heavy atom. The lowest BCUT2D eigenvalue weighted by Crippen LogP contribution is -1.78. The molecule has 0 heterocycles. The summed E-state index contributed by atoms with van der Waals surface area (Å²) in [6.45, 7) is 3.73. The molecule has 0 amide bonds. The number of hydrogen-bond donors (Lipinski definition) is 0. The zero-order valence-corrected chi connectivity index (χ0v) is 7.59. The first-order valence-electron chi connectivity index (χ1n) is 3.82.